The molecule has 22 heteroatoms. The molecule has 5 radical (unpaired) electrons. The summed E-state index contributed by atoms with van der Waals surface area (Å²) in [6.45, 7) is 0. The number of pyridine rings is 1. The third-order valence-corrected chi connectivity index (χ3v) is 13.2. The number of hydrogen-bond acceptors (Lipinski definition) is 17. The Hall–Kier alpha value is -10.4. The molecular weight excluding hydrogens is 1430 g/mol. The summed E-state index contributed by atoms with van der Waals surface area (Å²) in [6, 6.07) is 78.8. The van der Waals surface area contributed by atoms with E-state index in [0.29, 0.717) is 62.0 Å². The van der Waals surface area contributed by atoms with E-state index in [9.17, 15) is 51.1 Å². The standard InChI is InChI=1S/C17H13NO2.C16H12N2O2.C15H11NO2.C13H11NO2.C12H10N2O2.5Co/c19-16-8-4-2-6-13(16)11-18-15-10-9-12-5-1-3-7-14(12)17(15)20;19-14-8-4-3-7-13(14)17-18-16-12-6-2-1-5-11(12)9-10-15(16)20;17-13-6-2-1-5-11(13)12-9-8-10-4-3-7-14(18)15(10)16-12;15-12-7-3-1-5-10(12)9-14-11-6-2-4-8-13(11)16;15-11-7-3-1-5-9(11)13-14-10-6-2-4-8-12(10)16;;;;;/h1-11,19-20H;1-10,19-20H;1-9,17-18H;1-9,15-16H;1-8,15-16H;;;;;. The molecule has 489 valence electrons. The number of aromatic nitrogens is 1. The van der Waals surface area contributed by atoms with Crippen molar-refractivity contribution in [3.63, 3.8) is 0 Å². The first kappa shape index (κ1) is 77.1. The van der Waals surface area contributed by atoms with E-state index in [-0.39, 0.29) is 141 Å². The summed E-state index contributed by atoms with van der Waals surface area (Å²) in [5.74, 6) is 1.15. The monoisotopic (exact) mass is 1490 g/mol. The van der Waals surface area contributed by atoms with E-state index in [0.717, 1.165) is 26.9 Å². The molecule has 12 aromatic carbocycles. The molecule has 0 fully saturated rings. The summed E-state index contributed by atoms with van der Waals surface area (Å²) >= 11 is 0. The summed E-state index contributed by atoms with van der Waals surface area (Å²) < 4.78 is 0. The summed E-state index contributed by atoms with van der Waals surface area (Å²) in [5.41, 5.74) is 5.51. The molecule has 0 aliphatic rings. The number of phenols is 10. The number of aromatic hydroxyl groups is 10. The van der Waals surface area contributed by atoms with Crippen LogP contribution in [0.5, 0.6) is 57.5 Å². The second kappa shape index (κ2) is 38.6. The molecule has 1 heterocycles. The van der Waals surface area contributed by atoms with Gasteiger partial charge in [-0.3, -0.25) is 9.98 Å². The maximum atomic E-state index is 10.2. The van der Waals surface area contributed by atoms with Crippen molar-refractivity contribution in [1.29, 1.82) is 0 Å². The van der Waals surface area contributed by atoms with Crippen LogP contribution in [0.3, 0.4) is 0 Å². The minimum Gasteiger partial charge on any atom is -0.507 e. The topological polar surface area (TPSA) is 289 Å². The average molecular weight is 1490 g/mol. The maximum Gasteiger partial charge on any atom is 0.148 e. The Morgan fingerprint density at radius 1 is 0.253 bits per heavy atom. The fraction of sp³-hybridized carbons (Fsp3) is 0. The van der Waals surface area contributed by atoms with Crippen molar-refractivity contribution in [2.75, 3.05) is 0 Å². The Kier molecular flexibility index (Phi) is 31.3. The van der Waals surface area contributed by atoms with Crippen molar-refractivity contribution in [3.05, 3.63) is 284 Å². The number of hydrogen-bond donors (Lipinski definition) is 10. The number of phenolic OH excluding ortho intramolecular Hbond substituents is 10. The summed E-state index contributed by atoms with van der Waals surface area (Å²) in [7, 11) is 0. The Balaban J connectivity index is 0.000000250. The van der Waals surface area contributed by atoms with E-state index in [1.807, 2.05) is 97.1 Å². The van der Waals surface area contributed by atoms with E-state index in [4.69, 9.17) is 0 Å². The second-order valence-corrected chi connectivity index (χ2v) is 19.4. The molecule has 0 spiro atoms. The van der Waals surface area contributed by atoms with E-state index in [1.54, 1.807) is 164 Å². The normalized spacial score (nSPS) is 10.4. The molecule has 0 atom stereocenters. The third kappa shape index (κ3) is 21.3. The molecule has 0 aliphatic carbocycles. The fourth-order valence-corrected chi connectivity index (χ4v) is 8.57. The van der Waals surface area contributed by atoms with Gasteiger partial charge in [-0.25, -0.2) is 4.98 Å². The Bertz CT molecular complexity index is 4570. The van der Waals surface area contributed by atoms with Gasteiger partial charge in [-0.05, 0) is 120 Å². The van der Waals surface area contributed by atoms with Gasteiger partial charge in [0.15, 0.2) is 0 Å². The van der Waals surface area contributed by atoms with Crippen molar-refractivity contribution in [1.82, 2.24) is 4.98 Å². The SMILES string of the molecule is Oc1ccccc1-c1ccc2cccc(O)c2n1.Oc1ccccc1C=Nc1ccc2ccccc2c1O.Oc1ccccc1C=Nc1ccccc1O.Oc1ccccc1N=Nc1c(O)ccc2ccccc12.Oc1ccccc1N=Nc1ccccc1O.[Co].[Co].[Co].[Co].[Co]. The average Bonchev–Trinajstić information content (AvgIpc) is 0.849. The van der Waals surface area contributed by atoms with Crippen molar-refractivity contribution >= 4 is 79.0 Å². The first-order chi connectivity index (χ1) is 43.8. The number of fused-ring (bicyclic) bond motifs is 3. The van der Waals surface area contributed by atoms with Gasteiger partial charge in [-0.15, -0.1) is 20.5 Å². The Morgan fingerprint density at radius 3 is 1.13 bits per heavy atom. The number of nitrogens with zero attached hydrogens (tertiary/aromatic N) is 7. The Labute approximate surface area is 597 Å². The maximum absolute atomic E-state index is 10.2. The van der Waals surface area contributed by atoms with Crippen molar-refractivity contribution < 1.29 is 135 Å². The first-order valence-corrected chi connectivity index (χ1v) is 27.7. The van der Waals surface area contributed by atoms with Crippen molar-refractivity contribution in [3.8, 4) is 68.8 Å². The molecule has 95 heavy (non-hydrogen) atoms. The summed E-state index contributed by atoms with van der Waals surface area (Å²) in [6.07, 6.45) is 3.06. The van der Waals surface area contributed by atoms with Gasteiger partial charge in [0, 0.05) is 129 Å². The van der Waals surface area contributed by atoms with Gasteiger partial charge in [0.05, 0.1) is 5.69 Å². The van der Waals surface area contributed by atoms with Crippen LogP contribution in [0.4, 0.5) is 34.1 Å². The number of benzene rings is 12. The molecule has 13 aromatic rings. The molecular formula is C73H57Co5N7O10. The zero-order valence-corrected chi connectivity index (χ0v) is 54.6. The van der Waals surface area contributed by atoms with Gasteiger partial charge in [0.2, 0.25) is 0 Å². The minimum atomic E-state index is 0. The molecule has 0 aliphatic heterocycles. The van der Waals surface area contributed by atoms with E-state index >= 15 is 0 Å². The van der Waals surface area contributed by atoms with Crippen LogP contribution in [0.25, 0.3) is 43.7 Å². The molecule has 17 nitrogen and oxygen atoms in total. The van der Waals surface area contributed by atoms with Crippen LogP contribution in [-0.4, -0.2) is 68.5 Å². The van der Waals surface area contributed by atoms with Crippen LogP contribution in [0.1, 0.15) is 11.1 Å². The van der Waals surface area contributed by atoms with Gasteiger partial charge in [-0.1, -0.05) is 164 Å². The van der Waals surface area contributed by atoms with Gasteiger partial charge in [0.1, 0.15) is 97.1 Å². The predicted molar refractivity (Wildman–Crippen MR) is 353 cm³/mol. The number of azo groups is 2. The van der Waals surface area contributed by atoms with Gasteiger partial charge in [0.25, 0.3) is 0 Å². The van der Waals surface area contributed by atoms with Crippen LogP contribution in [0, 0.1) is 0 Å². The largest absolute Gasteiger partial charge is 0.507 e. The van der Waals surface area contributed by atoms with Gasteiger partial charge < -0.3 is 51.1 Å². The van der Waals surface area contributed by atoms with Crippen LogP contribution in [-0.2, 0) is 83.9 Å². The molecule has 0 bridgehead atoms. The zero-order valence-electron chi connectivity index (χ0n) is 49.4. The number of rotatable bonds is 9. The van der Waals surface area contributed by atoms with Crippen LogP contribution in [0.15, 0.2) is 303 Å². The molecule has 0 saturated carbocycles. The fourth-order valence-electron chi connectivity index (χ4n) is 8.57. The van der Waals surface area contributed by atoms with Crippen molar-refractivity contribution in [2.24, 2.45) is 30.4 Å². The number of aliphatic imine (C=N–C) groups is 2. The zero-order chi connectivity index (χ0) is 63.2. The smallest absolute Gasteiger partial charge is 0.148 e. The predicted octanol–water partition coefficient (Wildman–Crippen LogP) is 18.3. The third-order valence-electron chi connectivity index (χ3n) is 13.2. The molecule has 1 aromatic heterocycles. The number of para-hydroxylation sites is 9. The quantitative estimate of drug-likeness (QED) is 0.0479. The van der Waals surface area contributed by atoms with Crippen molar-refractivity contribution in [2.45, 2.75) is 0 Å². The Morgan fingerprint density at radius 2 is 0.621 bits per heavy atom. The first-order valence-electron chi connectivity index (χ1n) is 27.7. The van der Waals surface area contributed by atoms with Crippen LogP contribution < -0.4 is 0 Å². The molecule has 0 amide bonds. The summed E-state index contributed by atoms with van der Waals surface area (Å²) in [4.78, 5) is 12.7. The van der Waals surface area contributed by atoms with Gasteiger partial charge in [-0.2, -0.15) is 0 Å². The summed E-state index contributed by atoms with van der Waals surface area (Å²) in [5, 5.41) is 117. The second-order valence-electron chi connectivity index (χ2n) is 19.4. The van der Waals surface area contributed by atoms with E-state index in [2.05, 4.69) is 35.4 Å². The van der Waals surface area contributed by atoms with Crippen LogP contribution in [0.2, 0.25) is 0 Å². The molecule has 0 unspecified atom stereocenters. The molecule has 10 N–H and O–H groups in total. The van der Waals surface area contributed by atoms with E-state index < -0.39 is 0 Å². The van der Waals surface area contributed by atoms with Gasteiger partial charge >= 0.3 is 0 Å². The molecule has 13 rings (SSSR count). The van der Waals surface area contributed by atoms with Crippen LogP contribution >= 0.6 is 0 Å². The molecule has 0 saturated heterocycles. The minimum absolute atomic E-state index is 0. The van der Waals surface area contributed by atoms with E-state index in [1.165, 1.54) is 24.4 Å².